The van der Waals surface area contributed by atoms with E-state index in [1.54, 1.807) is 0 Å². The van der Waals surface area contributed by atoms with Crippen molar-refractivity contribution in [3.05, 3.63) is 60.7 Å². The van der Waals surface area contributed by atoms with Gasteiger partial charge in [0.1, 0.15) is 0 Å². The summed E-state index contributed by atoms with van der Waals surface area (Å²) in [5.41, 5.74) is 2.97. The van der Waals surface area contributed by atoms with Gasteiger partial charge >= 0.3 is 0 Å². The van der Waals surface area contributed by atoms with E-state index >= 15 is 0 Å². The second kappa shape index (κ2) is 8.80. The number of hydrogen-bond donors (Lipinski definition) is 2. The number of amides is 1. The number of rotatable bonds is 7. The van der Waals surface area contributed by atoms with E-state index in [0.717, 1.165) is 21.7 Å². The minimum atomic E-state index is -0.105. The first kappa shape index (κ1) is 17.7. The van der Waals surface area contributed by atoms with Gasteiger partial charge in [-0.15, -0.1) is 11.8 Å². The Bertz CT molecular complexity index is 763. The van der Waals surface area contributed by atoms with Crippen LogP contribution in [0.4, 0.5) is 5.13 Å². The first-order valence-electron chi connectivity index (χ1n) is 7.88. The third-order valence-electron chi connectivity index (χ3n) is 3.43. The highest BCUT2D eigenvalue weighted by Gasteiger charge is 2.16. The second-order valence-corrected chi connectivity index (χ2v) is 7.36. The van der Waals surface area contributed by atoms with E-state index in [4.69, 9.17) is 5.11 Å². The summed E-state index contributed by atoms with van der Waals surface area (Å²) in [7, 11) is 0. The number of carbonyl (C=O) groups excluding carboxylic acids is 1. The molecule has 0 bridgehead atoms. The fraction of sp³-hybridized carbons (Fsp3) is 0.158. The predicted octanol–water partition coefficient (Wildman–Crippen LogP) is 4.14. The molecule has 1 heterocycles. The SMILES string of the molecule is O=C(CSCCO)Nc1nc(-c2ccccc2)c(-c2ccccc2)s1. The Morgan fingerprint density at radius 1 is 1.04 bits per heavy atom. The zero-order valence-corrected chi connectivity index (χ0v) is 15.1. The van der Waals surface area contributed by atoms with E-state index in [-0.39, 0.29) is 12.5 Å². The molecule has 128 valence electrons. The third-order valence-corrected chi connectivity index (χ3v) is 5.38. The first-order valence-corrected chi connectivity index (χ1v) is 9.85. The lowest BCUT2D eigenvalue weighted by Crippen LogP contribution is -2.14. The number of anilines is 1. The predicted molar refractivity (Wildman–Crippen MR) is 106 cm³/mol. The fourth-order valence-electron chi connectivity index (χ4n) is 2.34. The monoisotopic (exact) mass is 370 g/mol. The van der Waals surface area contributed by atoms with Crippen molar-refractivity contribution in [3.8, 4) is 21.7 Å². The van der Waals surface area contributed by atoms with Crippen molar-refractivity contribution in [2.24, 2.45) is 0 Å². The molecule has 25 heavy (non-hydrogen) atoms. The minimum absolute atomic E-state index is 0.0749. The molecule has 0 saturated heterocycles. The number of thioether (sulfide) groups is 1. The van der Waals surface area contributed by atoms with Crippen molar-refractivity contribution in [2.45, 2.75) is 0 Å². The van der Waals surface area contributed by atoms with Crippen molar-refractivity contribution in [1.82, 2.24) is 4.98 Å². The van der Waals surface area contributed by atoms with Crippen LogP contribution in [0.25, 0.3) is 21.7 Å². The average molecular weight is 370 g/mol. The van der Waals surface area contributed by atoms with Gasteiger partial charge in [0.25, 0.3) is 0 Å². The van der Waals surface area contributed by atoms with Gasteiger partial charge < -0.3 is 10.4 Å². The molecular weight excluding hydrogens is 352 g/mol. The molecule has 0 aliphatic carbocycles. The number of carbonyl (C=O) groups is 1. The Morgan fingerprint density at radius 3 is 2.32 bits per heavy atom. The van der Waals surface area contributed by atoms with E-state index in [2.05, 4.69) is 10.3 Å². The molecule has 1 amide bonds. The zero-order chi connectivity index (χ0) is 17.5. The largest absolute Gasteiger partial charge is 0.396 e. The van der Waals surface area contributed by atoms with E-state index in [1.165, 1.54) is 23.1 Å². The summed E-state index contributed by atoms with van der Waals surface area (Å²) >= 11 is 2.87. The smallest absolute Gasteiger partial charge is 0.236 e. The normalized spacial score (nSPS) is 10.6. The molecule has 0 saturated carbocycles. The van der Waals surface area contributed by atoms with Crippen LogP contribution < -0.4 is 5.32 Å². The molecule has 0 radical (unpaired) electrons. The fourth-order valence-corrected chi connectivity index (χ4v) is 3.88. The summed E-state index contributed by atoms with van der Waals surface area (Å²) in [5, 5.41) is 12.3. The maximum Gasteiger partial charge on any atom is 0.236 e. The van der Waals surface area contributed by atoms with Crippen LogP contribution in [0.15, 0.2) is 60.7 Å². The van der Waals surface area contributed by atoms with Gasteiger partial charge in [0, 0.05) is 11.3 Å². The molecule has 0 atom stereocenters. The summed E-state index contributed by atoms with van der Waals surface area (Å²) in [6, 6.07) is 20.0. The van der Waals surface area contributed by atoms with Gasteiger partial charge in [0.15, 0.2) is 5.13 Å². The van der Waals surface area contributed by atoms with Crippen molar-refractivity contribution in [1.29, 1.82) is 0 Å². The van der Waals surface area contributed by atoms with E-state index in [1.807, 2.05) is 60.7 Å². The Morgan fingerprint density at radius 2 is 1.68 bits per heavy atom. The highest BCUT2D eigenvalue weighted by molar-refractivity contribution is 7.99. The van der Waals surface area contributed by atoms with Crippen LogP contribution >= 0.6 is 23.1 Å². The molecule has 0 aliphatic heterocycles. The third kappa shape index (κ3) is 4.69. The lowest BCUT2D eigenvalue weighted by Gasteiger charge is -2.02. The minimum Gasteiger partial charge on any atom is -0.396 e. The van der Waals surface area contributed by atoms with Crippen LogP contribution in [0.1, 0.15) is 0 Å². The number of benzene rings is 2. The molecule has 1 aromatic heterocycles. The van der Waals surface area contributed by atoms with Crippen LogP contribution in [-0.4, -0.2) is 34.1 Å². The van der Waals surface area contributed by atoms with Crippen LogP contribution in [-0.2, 0) is 4.79 Å². The highest BCUT2D eigenvalue weighted by atomic mass is 32.2. The maximum absolute atomic E-state index is 12.0. The number of aliphatic hydroxyl groups excluding tert-OH is 1. The Hall–Kier alpha value is -2.15. The number of nitrogens with one attached hydrogen (secondary N) is 1. The van der Waals surface area contributed by atoms with Crippen LogP contribution in [0.2, 0.25) is 0 Å². The van der Waals surface area contributed by atoms with Crippen molar-refractivity contribution in [2.75, 3.05) is 23.4 Å². The van der Waals surface area contributed by atoms with Crippen LogP contribution in [0, 0.1) is 0 Å². The second-order valence-electron chi connectivity index (χ2n) is 5.25. The number of aliphatic hydroxyl groups is 1. The Kier molecular flexibility index (Phi) is 6.22. The quantitative estimate of drug-likeness (QED) is 0.614. The van der Waals surface area contributed by atoms with Crippen molar-refractivity contribution >= 4 is 34.1 Å². The molecule has 6 heteroatoms. The molecular formula is C19H18N2O2S2. The number of aromatic nitrogens is 1. The van der Waals surface area contributed by atoms with Crippen molar-refractivity contribution in [3.63, 3.8) is 0 Å². The van der Waals surface area contributed by atoms with E-state index in [0.29, 0.717) is 16.6 Å². The molecule has 2 N–H and O–H groups in total. The average Bonchev–Trinajstić information content (AvgIpc) is 3.07. The molecule has 0 aliphatic rings. The molecule has 3 aromatic rings. The van der Waals surface area contributed by atoms with Gasteiger partial charge in [0.2, 0.25) is 5.91 Å². The first-order chi connectivity index (χ1) is 12.3. The summed E-state index contributed by atoms with van der Waals surface area (Å²) < 4.78 is 0. The number of hydrogen-bond acceptors (Lipinski definition) is 5. The molecule has 2 aromatic carbocycles. The van der Waals surface area contributed by atoms with Crippen LogP contribution in [0.5, 0.6) is 0 Å². The van der Waals surface area contributed by atoms with Gasteiger partial charge in [-0.25, -0.2) is 4.98 Å². The molecule has 0 fully saturated rings. The summed E-state index contributed by atoms with van der Waals surface area (Å²) in [4.78, 5) is 17.7. The maximum atomic E-state index is 12.0. The topological polar surface area (TPSA) is 62.2 Å². The highest BCUT2D eigenvalue weighted by Crippen LogP contribution is 2.38. The van der Waals surface area contributed by atoms with E-state index < -0.39 is 0 Å². The van der Waals surface area contributed by atoms with E-state index in [9.17, 15) is 4.79 Å². The molecule has 0 spiro atoms. The van der Waals surface area contributed by atoms with Gasteiger partial charge in [0.05, 0.1) is 22.9 Å². The Balaban J connectivity index is 1.89. The molecule has 0 unspecified atom stereocenters. The summed E-state index contributed by atoms with van der Waals surface area (Å²) in [6.45, 7) is 0.0749. The number of nitrogens with zero attached hydrogens (tertiary/aromatic N) is 1. The standard InChI is InChI=1S/C19H18N2O2S2/c22-11-12-24-13-16(23)20-19-21-17(14-7-3-1-4-8-14)18(25-19)15-9-5-2-6-10-15/h1-10,22H,11-13H2,(H,20,21,23). The summed E-state index contributed by atoms with van der Waals surface area (Å²) in [5.74, 6) is 0.753. The zero-order valence-electron chi connectivity index (χ0n) is 13.5. The summed E-state index contributed by atoms with van der Waals surface area (Å²) in [6.07, 6.45) is 0. The van der Waals surface area contributed by atoms with Crippen molar-refractivity contribution < 1.29 is 9.90 Å². The van der Waals surface area contributed by atoms with Crippen LogP contribution in [0.3, 0.4) is 0 Å². The lowest BCUT2D eigenvalue weighted by atomic mass is 10.1. The van der Waals surface area contributed by atoms with Gasteiger partial charge in [-0.3, -0.25) is 4.79 Å². The van der Waals surface area contributed by atoms with Gasteiger partial charge in [-0.1, -0.05) is 72.0 Å². The molecule has 3 rings (SSSR count). The van der Waals surface area contributed by atoms with Gasteiger partial charge in [-0.2, -0.15) is 0 Å². The lowest BCUT2D eigenvalue weighted by molar-refractivity contribution is -0.113. The Labute approximate surface area is 154 Å². The van der Waals surface area contributed by atoms with Gasteiger partial charge in [-0.05, 0) is 5.56 Å². The molecule has 4 nitrogen and oxygen atoms in total. The number of thiazole rings is 1.